The highest BCUT2D eigenvalue weighted by molar-refractivity contribution is 9.10. The van der Waals surface area contributed by atoms with Gasteiger partial charge in [0.2, 0.25) is 11.6 Å². The van der Waals surface area contributed by atoms with Crippen molar-refractivity contribution in [1.82, 2.24) is 4.98 Å². The van der Waals surface area contributed by atoms with Crippen LogP contribution in [-0.4, -0.2) is 17.8 Å². The Morgan fingerprint density at radius 3 is 2.69 bits per heavy atom. The highest BCUT2D eigenvalue weighted by atomic mass is 79.9. The Balaban J connectivity index is 1.55. The highest BCUT2D eigenvalue weighted by Gasteiger charge is 2.58. The van der Waals surface area contributed by atoms with Crippen LogP contribution in [0, 0.1) is 0 Å². The molecule has 4 nitrogen and oxygen atoms in total. The zero-order valence-corrected chi connectivity index (χ0v) is 20.2. The number of nitrogens with zero attached hydrogens (tertiary/aromatic N) is 2. The van der Waals surface area contributed by atoms with Crippen molar-refractivity contribution < 1.29 is 9.15 Å². The molecule has 6 rings (SSSR count). The van der Waals surface area contributed by atoms with E-state index in [4.69, 9.17) is 25.7 Å². The van der Waals surface area contributed by atoms with Crippen LogP contribution in [0.1, 0.15) is 25.0 Å². The number of fused-ring (bicyclic) bond motifs is 3. The Bertz CT molecular complexity index is 1410. The third kappa shape index (κ3) is 2.58. The number of oxazole rings is 1. The standard InChI is InChI=1S/C26H20BrClN2O2/c1-25(2)19-13-16(27)8-9-21(19)30(3)26(25)11-10-15-12-17(28)14-18(23(15)32-26)24-29-20-6-4-5-7-22(20)31-24/h4-14H,1-3H3. The molecule has 3 heterocycles. The summed E-state index contributed by atoms with van der Waals surface area (Å²) in [6.07, 6.45) is 4.23. The smallest absolute Gasteiger partial charge is 0.231 e. The predicted molar refractivity (Wildman–Crippen MR) is 132 cm³/mol. The van der Waals surface area contributed by atoms with E-state index in [2.05, 4.69) is 72.1 Å². The zero-order chi connectivity index (χ0) is 22.3. The van der Waals surface area contributed by atoms with E-state index in [1.165, 1.54) is 5.56 Å². The molecule has 2 aliphatic heterocycles. The van der Waals surface area contributed by atoms with E-state index in [9.17, 15) is 0 Å². The Morgan fingerprint density at radius 1 is 1.06 bits per heavy atom. The molecule has 0 fully saturated rings. The van der Waals surface area contributed by atoms with E-state index in [0.29, 0.717) is 10.9 Å². The van der Waals surface area contributed by atoms with E-state index in [1.54, 1.807) is 0 Å². The molecule has 0 saturated carbocycles. The van der Waals surface area contributed by atoms with Gasteiger partial charge in [-0.15, -0.1) is 0 Å². The maximum absolute atomic E-state index is 6.93. The monoisotopic (exact) mass is 506 g/mol. The summed E-state index contributed by atoms with van der Waals surface area (Å²) in [7, 11) is 2.08. The van der Waals surface area contributed by atoms with Crippen molar-refractivity contribution in [1.29, 1.82) is 0 Å². The number of benzene rings is 3. The van der Waals surface area contributed by atoms with Gasteiger partial charge < -0.3 is 14.1 Å². The molecule has 1 atom stereocenters. The summed E-state index contributed by atoms with van der Waals surface area (Å²) in [5.74, 6) is 1.21. The third-order valence-electron chi connectivity index (χ3n) is 6.74. The minimum atomic E-state index is -0.711. The molecule has 0 saturated heterocycles. The number of likely N-dealkylation sites (N-methyl/N-ethyl adjacent to an activating group) is 1. The summed E-state index contributed by atoms with van der Waals surface area (Å²) >= 11 is 10.1. The summed E-state index contributed by atoms with van der Waals surface area (Å²) in [5.41, 5.74) is 4.50. The normalized spacial score (nSPS) is 20.5. The first kappa shape index (κ1) is 19.9. The van der Waals surface area contributed by atoms with E-state index >= 15 is 0 Å². The number of aromatic nitrogens is 1. The second kappa shape index (κ2) is 6.63. The number of hydrogen-bond donors (Lipinski definition) is 0. The first-order valence-corrected chi connectivity index (χ1v) is 11.6. The zero-order valence-electron chi connectivity index (χ0n) is 17.8. The lowest BCUT2D eigenvalue weighted by Gasteiger charge is -2.46. The van der Waals surface area contributed by atoms with Gasteiger partial charge in [-0.3, -0.25) is 0 Å². The van der Waals surface area contributed by atoms with Crippen LogP contribution >= 0.6 is 27.5 Å². The van der Waals surface area contributed by atoms with Gasteiger partial charge >= 0.3 is 0 Å². The van der Waals surface area contributed by atoms with Crippen molar-refractivity contribution in [2.24, 2.45) is 0 Å². The summed E-state index contributed by atoms with van der Waals surface area (Å²) < 4.78 is 14.1. The lowest BCUT2D eigenvalue weighted by atomic mass is 9.76. The van der Waals surface area contributed by atoms with Gasteiger partial charge in [-0.25, -0.2) is 4.98 Å². The largest absolute Gasteiger partial charge is 0.462 e. The van der Waals surface area contributed by atoms with E-state index in [-0.39, 0.29) is 5.41 Å². The molecule has 160 valence electrons. The Hall–Kier alpha value is -2.76. The molecule has 32 heavy (non-hydrogen) atoms. The maximum Gasteiger partial charge on any atom is 0.231 e. The molecular weight excluding hydrogens is 488 g/mol. The van der Waals surface area contributed by atoms with Crippen molar-refractivity contribution >= 4 is 50.4 Å². The number of halogens is 2. The average Bonchev–Trinajstić information content (AvgIpc) is 3.27. The van der Waals surface area contributed by atoms with Crippen LogP contribution < -0.4 is 9.64 Å². The van der Waals surface area contributed by atoms with Crippen LogP contribution in [0.15, 0.2) is 69.6 Å². The maximum atomic E-state index is 6.93. The van der Waals surface area contributed by atoms with Gasteiger partial charge in [0.1, 0.15) is 11.3 Å². The second-order valence-electron chi connectivity index (χ2n) is 8.84. The molecule has 3 aromatic carbocycles. The fourth-order valence-electron chi connectivity index (χ4n) is 5.00. The van der Waals surface area contributed by atoms with Gasteiger partial charge in [0, 0.05) is 27.8 Å². The molecule has 1 aromatic heterocycles. The van der Waals surface area contributed by atoms with Crippen molar-refractivity contribution in [3.63, 3.8) is 0 Å². The molecule has 2 aliphatic rings. The Kier molecular flexibility index (Phi) is 4.12. The molecule has 0 N–H and O–H groups in total. The summed E-state index contributed by atoms with van der Waals surface area (Å²) in [5, 5.41) is 0.608. The topological polar surface area (TPSA) is 38.5 Å². The van der Waals surface area contributed by atoms with E-state index < -0.39 is 5.72 Å². The number of anilines is 1. The lowest BCUT2D eigenvalue weighted by Crippen LogP contribution is -2.58. The van der Waals surface area contributed by atoms with Crippen molar-refractivity contribution in [2.75, 3.05) is 11.9 Å². The number of hydrogen-bond acceptors (Lipinski definition) is 4. The lowest BCUT2D eigenvalue weighted by molar-refractivity contribution is 0.0586. The fraction of sp³-hybridized carbons (Fsp3) is 0.192. The minimum Gasteiger partial charge on any atom is -0.462 e. The fourth-order valence-corrected chi connectivity index (χ4v) is 5.59. The highest BCUT2D eigenvalue weighted by Crippen LogP contribution is 2.56. The van der Waals surface area contributed by atoms with Crippen LogP contribution in [-0.2, 0) is 5.41 Å². The third-order valence-corrected chi connectivity index (χ3v) is 7.45. The average molecular weight is 508 g/mol. The van der Waals surface area contributed by atoms with Crippen molar-refractivity contribution in [3.8, 4) is 17.2 Å². The molecule has 0 radical (unpaired) electrons. The first-order valence-electron chi connectivity index (χ1n) is 10.4. The van der Waals surface area contributed by atoms with Crippen LogP contribution in [0.25, 0.3) is 28.6 Å². The van der Waals surface area contributed by atoms with Crippen LogP contribution in [0.5, 0.6) is 5.75 Å². The quantitative estimate of drug-likeness (QED) is 0.268. The van der Waals surface area contributed by atoms with Crippen molar-refractivity contribution in [2.45, 2.75) is 25.0 Å². The van der Waals surface area contributed by atoms with Gasteiger partial charge in [-0.1, -0.05) is 39.7 Å². The van der Waals surface area contributed by atoms with Gasteiger partial charge in [0.05, 0.1) is 11.0 Å². The summed E-state index contributed by atoms with van der Waals surface area (Å²) in [6, 6.07) is 17.9. The summed E-state index contributed by atoms with van der Waals surface area (Å²) in [6.45, 7) is 4.43. The number of ether oxygens (including phenoxy) is 1. The molecule has 1 unspecified atom stereocenters. The van der Waals surface area contributed by atoms with E-state index in [0.717, 1.165) is 38.1 Å². The molecule has 0 bridgehead atoms. The number of para-hydroxylation sites is 2. The van der Waals surface area contributed by atoms with Crippen LogP contribution in [0.4, 0.5) is 5.69 Å². The minimum absolute atomic E-state index is 0.326. The van der Waals surface area contributed by atoms with Crippen LogP contribution in [0.2, 0.25) is 5.02 Å². The molecule has 0 aliphatic carbocycles. The number of rotatable bonds is 1. The van der Waals surface area contributed by atoms with E-state index in [1.807, 2.05) is 36.4 Å². The molecular formula is C26H20BrClN2O2. The summed E-state index contributed by atoms with van der Waals surface area (Å²) in [4.78, 5) is 6.91. The predicted octanol–water partition coefficient (Wildman–Crippen LogP) is 7.44. The van der Waals surface area contributed by atoms with Gasteiger partial charge in [-0.2, -0.15) is 0 Å². The van der Waals surface area contributed by atoms with Gasteiger partial charge in [-0.05, 0) is 74.0 Å². The van der Waals surface area contributed by atoms with Gasteiger partial charge in [0.15, 0.2) is 5.58 Å². The van der Waals surface area contributed by atoms with Crippen LogP contribution in [0.3, 0.4) is 0 Å². The second-order valence-corrected chi connectivity index (χ2v) is 10.2. The van der Waals surface area contributed by atoms with Crippen molar-refractivity contribution in [3.05, 3.63) is 81.3 Å². The first-order chi connectivity index (χ1) is 15.3. The molecule has 0 amide bonds. The SMILES string of the molecule is CN1c2ccc(Br)cc2C(C)(C)C12C=Cc1cc(Cl)cc(-c3nc4ccccc4o3)c1O2. The Morgan fingerprint density at radius 2 is 1.88 bits per heavy atom. The molecule has 4 aromatic rings. The molecule has 1 spiro atoms. The molecule has 6 heteroatoms. The Labute approximate surface area is 199 Å². The van der Waals surface area contributed by atoms with Gasteiger partial charge in [0.25, 0.3) is 0 Å².